The van der Waals surface area contributed by atoms with Crippen LogP contribution in [-0.4, -0.2) is 27.7 Å². The number of nitrogens with one attached hydrogen (secondary N) is 1. The van der Waals surface area contributed by atoms with Gasteiger partial charge in [0.05, 0.1) is 12.2 Å². The molecule has 0 spiro atoms. The third-order valence-electron chi connectivity index (χ3n) is 4.03. The highest BCUT2D eigenvalue weighted by Crippen LogP contribution is 2.33. The molecule has 1 atom stereocenters. The fourth-order valence-corrected chi connectivity index (χ4v) is 2.80. The minimum absolute atomic E-state index is 0.0488. The van der Waals surface area contributed by atoms with Gasteiger partial charge >= 0.3 is 0 Å². The summed E-state index contributed by atoms with van der Waals surface area (Å²) in [6.45, 7) is 6.61. The number of aryl methyl sites for hydroxylation is 1. The monoisotopic (exact) mass is 343 g/mol. The number of hydrogen-bond donors (Lipinski definition) is 2. The predicted octanol–water partition coefficient (Wildman–Crippen LogP) is 3.30. The van der Waals surface area contributed by atoms with E-state index >= 15 is 0 Å². The minimum atomic E-state index is -0.490. The highest BCUT2D eigenvalue weighted by atomic mass is 16.5. The molecular formula is C17H21N5O3. The van der Waals surface area contributed by atoms with E-state index in [1.165, 1.54) is 0 Å². The summed E-state index contributed by atoms with van der Waals surface area (Å²) in [5.41, 5.74) is 4.96. The number of rotatable bonds is 5. The van der Waals surface area contributed by atoms with Gasteiger partial charge in [0.2, 0.25) is 11.8 Å². The molecular weight excluding hydrogens is 322 g/mol. The number of carbonyl (C=O) groups excluding carboxylic acids is 1. The maximum Gasteiger partial charge on any atom is 0.247 e. The summed E-state index contributed by atoms with van der Waals surface area (Å²) >= 11 is 0. The molecule has 2 aromatic rings. The number of fused-ring (bicyclic) bond motifs is 1. The van der Waals surface area contributed by atoms with Gasteiger partial charge in [-0.15, -0.1) is 5.11 Å². The van der Waals surface area contributed by atoms with E-state index in [1.807, 2.05) is 30.1 Å². The van der Waals surface area contributed by atoms with Crippen molar-refractivity contribution in [2.45, 2.75) is 33.2 Å². The normalized spacial score (nSPS) is 17.0. The lowest BCUT2D eigenvalue weighted by Crippen LogP contribution is -2.26. The Bertz CT molecular complexity index is 840. The number of hydrogen-bond acceptors (Lipinski definition) is 7. The van der Waals surface area contributed by atoms with E-state index in [4.69, 9.17) is 9.62 Å². The largest absolute Gasteiger partial charge is 0.438 e. The van der Waals surface area contributed by atoms with Crippen molar-refractivity contribution in [2.75, 3.05) is 6.54 Å². The number of benzene rings is 1. The molecule has 3 rings (SSSR count). The fourth-order valence-electron chi connectivity index (χ4n) is 2.80. The van der Waals surface area contributed by atoms with Crippen LogP contribution in [0.2, 0.25) is 0 Å². The second kappa shape index (κ2) is 7.02. The van der Waals surface area contributed by atoms with Crippen LogP contribution >= 0.6 is 0 Å². The molecule has 25 heavy (non-hydrogen) atoms. The van der Waals surface area contributed by atoms with Crippen LogP contribution < -0.4 is 5.48 Å². The van der Waals surface area contributed by atoms with Crippen LogP contribution in [-0.2, 0) is 4.79 Å². The van der Waals surface area contributed by atoms with Crippen LogP contribution in [0.25, 0.3) is 11.1 Å². The molecule has 0 fully saturated rings. The van der Waals surface area contributed by atoms with E-state index in [9.17, 15) is 4.79 Å². The molecule has 1 aliphatic rings. The Morgan fingerprint density at radius 1 is 1.48 bits per heavy atom. The Kier molecular flexibility index (Phi) is 4.80. The van der Waals surface area contributed by atoms with E-state index in [0.717, 1.165) is 16.7 Å². The molecule has 0 saturated heterocycles. The molecule has 132 valence electrons. The molecule has 0 saturated carbocycles. The van der Waals surface area contributed by atoms with Crippen molar-refractivity contribution in [2.24, 2.45) is 16.3 Å². The Morgan fingerprint density at radius 2 is 2.28 bits per heavy atom. The molecule has 8 nitrogen and oxygen atoms in total. The van der Waals surface area contributed by atoms with Crippen LogP contribution in [0, 0.1) is 12.8 Å². The SMILES string of the molecule is Cc1ccc2oc(C(C(C)C)N3C/C(=C/CC(=O)NO)N=N3)nc2c1. The molecule has 8 heteroatoms. The van der Waals surface area contributed by atoms with E-state index in [2.05, 4.69) is 29.2 Å². The molecule has 1 aromatic carbocycles. The zero-order valence-electron chi connectivity index (χ0n) is 14.4. The van der Waals surface area contributed by atoms with E-state index in [1.54, 1.807) is 11.6 Å². The van der Waals surface area contributed by atoms with E-state index in [0.29, 0.717) is 18.1 Å². The zero-order valence-corrected chi connectivity index (χ0v) is 14.4. The number of hydroxylamine groups is 1. The van der Waals surface area contributed by atoms with Crippen LogP contribution in [0.3, 0.4) is 0 Å². The van der Waals surface area contributed by atoms with E-state index < -0.39 is 5.91 Å². The summed E-state index contributed by atoms with van der Waals surface area (Å²) in [7, 11) is 0. The van der Waals surface area contributed by atoms with Crippen molar-refractivity contribution < 1.29 is 14.4 Å². The first-order valence-electron chi connectivity index (χ1n) is 8.15. The predicted molar refractivity (Wildman–Crippen MR) is 90.5 cm³/mol. The number of nitrogens with zero attached hydrogens (tertiary/aromatic N) is 4. The van der Waals surface area contributed by atoms with Gasteiger partial charge in [-0.25, -0.2) is 10.5 Å². The molecule has 0 bridgehead atoms. The summed E-state index contributed by atoms with van der Waals surface area (Å²) in [4.78, 5) is 15.7. The number of oxazole rings is 1. The Morgan fingerprint density at radius 3 is 3.00 bits per heavy atom. The molecule has 0 radical (unpaired) electrons. The third kappa shape index (κ3) is 3.69. The number of amides is 1. The topological polar surface area (TPSA) is 103 Å². The Hall–Kier alpha value is -2.74. The Balaban J connectivity index is 1.82. The van der Waals surface area contributed by atoms with Gasteiger partial charge < -0.3 is 4.42 Å². The van der Waals surface area contributed by atoms with Crippen molar-refractivity contribution >= 4 is 17.0 Å². The second-order valence-electron chi connectivity index (χ2n) is 6.43. The first-order chi connectivity index (χ1) is 12.0. The van der Waals surface area contributed by atoms with Gasteiger partial charge in [-0.1, -0.05) is 25.1 Å². The van der Waals surface area contributed by atoms with Crippen LogP contribution in [0.1, 0.15) is 37.8 Å². The molecule has 1 unspecified atom stereocenters. The van der Waals surface area contributed by atoms with Crippen LogP contribution in [0.4, 0.5) is 0 Å². The summed E-state index contributed by atoms with van der Waals surface area (Å²) in [6, 6.07) is 5.74. The molecule has 2 N–H and O–H groups in total. The van der Waals surface area contributed by atoms with Crippen molar-refractivity contribution in [3.63, 3.8) is 0 Å². The third-order valence-corrected chi connectivity index (χ3v) is 4.03. The first-order valence-corrected chi connectivity index (χ1v) is 8.15. The van der Waals surface area contributed by atoms with Gasteiger partial charge in [-0.2, -0.15) is 0 Å². The van der Waals surface area contributed by atoms with Crippen molar-refractivity contribution in [3.8, 4) is 0 Å². The Labute approximate surface area is 145 Å². The van der Waals surface area contributed by atoms with Gasteiger partial charge in [0.1, 0.15) is 11.6 Å². The number of carbonyl (C=O) groups is 1. The van der Waals surface area contributed by atoms with Crippen LogP contribution in [0.5, 0.6) is 0 Å². The second-order valence-corrected chi connectivity index (χ2v) is 6.43. The lowest BCUT2D eigenvalue weighted by atomic mass is 10.0. The van der Waals surface area contributed by atoms with Crippen LogP contribution in [0.15, 0.2) is 44.7 Å². The number of aromatic nitrogens is 1. The fraction of sp³-hybridized carbons (Fsp3) is 0.412. The smallest absolute Gasteiger partial charge is 0.247 e. The summed E-state index contributed by atoms with van der Waals surface area (Å²) < 4.78 is 5.94. The standard InChI is InChI=1S/C17H21N5O3/c1-10(2)16(17-18-13-8-11(3)4-6-14(13)25-17)22-9-12(19-21-22)5-7-15(23)20-24/h4-6,8,10,16,24H,7,9H2,1-3H3,(H,20,23)/b12-5-. The quantitative estimate of drug-likeness (QED) is 0.640. The van der Waals surface area contributed by atoms with Crippen molar-refractivity contribution in [1.82, 2.24) is 15.5 Å². The highest BCUT2D eigenvalue weighted by Gasteiger charge is 2.31. The maximum absolute atomic E-state index is 11.1. The van der Waals surface area contributed by atoms with Gasteiger partial charge in [-0.3, -0.25) is 15.0 Å². The maximum atomic E-state index is 11.1. The van der Waals surface area contributed by atoms with E-state index in [-0.39, 0.29) is 18.4 Å². The lowest BCUT2D eigenvalue weighted by Gasteiger charge is -2.25. The van der Waals surface area contributed by atoms with Gasteiger partial charge in [0.15, 0.2) is 5.58 Å². The first kappa shape index (κ1) is 17.1. The minimum Gasteiger partial charge on any atom is -0.438 e. The highest BCUT2D eigenvalue weighted by molar-refractivity contribution is 5.76. The van der Waals surface area contributed by atoms with Gasteiger partial charge in [0, 0.05) is 6.42 Å². The van der Waals surface area contributed by atoms with Crippen molar-refractivity contribution in [1.29, 1.82) is 0 Å². The molecule has 1 amide bonds. The summed E-state index contributed by atoms with van der Waals surface area (Å²) in [5, 5.41) is 18.7. The molecule has 1 aliphatic heterocycles. The average molecular weight is 343 g/mol. The average Bonchev–Trinajstić information content (AvgIpc) is 3.19. The molecule has 2 heterocycles. The zero-order chi connectivity index (χ0) is 18.0. The molecule has 0 aliphatic carbocycles. The summed E-state index contributed by atoms with van der Waals surface area (Å²) in [5.74, 6) is 0.313. The van der Waals surface area contributed by atoms with Crippen molar-refractivity contribution in [3.05, 3.63) is 41.4 Å². The summed E-state index contributed by atoms with van der Waals surface area (Å²) in [6.07, 6.45) is 1.69. The lowest BCUT2D eigenvalue weighted by molar-refractivity contribution is -0.128. The molecule has 1 aromatic heterocycles. The van der Waals surface area contributed by atoms with Gasteiger partial charge in [-0.05, 0) is 36.6 Å². The van der Waals surface area contributed by atoms with Gasteiger partial charge in [0.25, 0.3) is 0 Å².